The summed E-state index contributed by atoms with van der Waals surface area (Å²) in [6, 6.07) is 5.86. The van der Waals surface area contributed by atoms with E-state index in [0.29, 0.717) is 13.2 Å². The lowest BCUT2D eigenvalue weighted by molar-refractivity contribution is 0.297. The SMILES string of the molecule is C=C(Br)CNc1ccc2c(c1)OCCCO2. The van der Waals surface area contributed by atoms with Gasteiger partial charge in [0, 0.05) is 29.2 Å². The van der Waals surface area contributed by atoms with Crippen LogP contribution in [-0.2, 0) is 0 Å². The molecule has 1 heterocycles. The van der Waals surface area contributed by atoms with Crippen LogP contribution in [0, 0.1) is 0 Å². The predicted molar refractivity (Wildman–Crippen MR) is 68.6 cm³/mol. The number of fused-ring (bicyclic) bond motifs is 1. The fourth-order valence-corrected chi connectivity index (χ4v) is 1.61. The first kappa shape index (κ1) is 11.3. The average Bonchev–Trinajstić information content (AvgIpc) is 2.50. The van der Waals surface area contributed by atoms with Crippen molar-refractivity contribution in [3.05, 3.63) is 29.3 Å². The third-order valence-corrected chi connectivity index (χ3v) is 2.51. The molecule has 1 aromatic carbocycles. The summed E-state index contributed by atoms with van der Waals surface area (Å²) in [6.45, 7) is 5.90. The maximum Gasteiger partial charge on any atom is 0.163 e. The quantitative estimate of drug-likeness (QED) is 0.924. The second kappa shape index (κ2) is 5.25. The number of ether oxygens (including phenoxy) is 2. The van der Waals surface area contributed by atoms with Crippen molar-refractivity contribution in [3.8, 4) is 11.5 Å². The molecular weight excluding hydrogens is 270 g/mol. The van der Waals surface area contributed by atoms with E-state index in [1.807, 2.05) is 18.2 Å². The molecule has 0 amide bonds. The standard InChI is InChI=1S/C12H14BrNO2/c1-9(13)8-14-10-3-4-11-12(7-10)16-6-2-5-15-11/h3-4,7,14H,1-2,5-6,8H2. The summed E-state index contributed by atoms with van der Waals surface area (Å²) in [5.74, 6) is 1.63. The van der Waals surface area contributed by atoms with Gasteiger partial charge < -0.3 is 14.8 Å². The van der Waals surface area contributed by atoms with Crippen LogP contribution in [0.3, 0.4) is 0 Å². The Bertz CT molecular complexity index is 393. The van der Waals surface area contributed by atoms with E-state index >= 15 is 0 Å². The molecular formula is C12H14BrNO2. The second-order valence-corrected chi connectivity index (χ2v) is 4.70. The summed E-state index contributed by atoms with van der Waals surface area (Å²) in [5, 5.41) is 3.23. The third-order valence-electron chi connectivity index (χ3n) is 2.23. The van der Waals surface area contributed by atoms with Crippen LogP contribution >= 0.6 is 15.9 Å². The van der Waals surface area contributed by atoms with Crippen molar-refractivity contribution in [2.24, 2.45) is 0 Å². The molecule has 0 saturated heterocycles. The predicted octanol–water partition coefficient (Wildman–Crippen LogP) is 3.17. The maximum atomic E-state index is 5.60. The number of hydrogen-bond acceptors (Lipinski definition) is 3. The van der Waals surface area contributed by atoms with Gasteiger partial charge in [-0.25, -0.2) is 0 Å². The van der Waals surface area contributed by atoms with E-state index in [0.717, 1.165) is 34.7 Å². The fourth-order valence-electron chi connectivity index (χ4n) is 1.47. The highest BCUT2D eigenvalue weighted by molar-refractivity contribution is 9.11. The third kappa shape index (κ3) is 2.92. The minimum atomic E-state index is 0.694. The smallest absolute Gasteiger partial charge is 0.163 e. The van der Waals surface area contributed by atoms with Crippen molar-refractivity contribution < 1.29 is 9.47 Å². The Morgan fingerprint density at radius 3 is 2.81 bits per heavy atom. The molecule has 1 aliphatic rings. The number of nitrogens with one attached hydrogen (secondary N) is 1. The molecule has 3 nitrogen and oxygen atoms in total. The maximum absolute atomic E-state index is 5.60. The Hall–Kier alpha value is -1.16. The minimum Gasteiger partial charge on any atom is -0.490 e. The van der Waals surface area contributed by atoms with Crippen LogP contribution in [0.2, 0.25) is 0 Å². The highest BCUT2D eigenvalue weighted by Crippen LogP contribution is 2.32. The molecule has 4 heteroatoms. The van der Waals surface area contributed by atoms with Crippen LogP contribution < -0.4 is 14.8 Å². The molecule has 1 N–H and O–H groups in total. The molecule has 2 rings (SSSR count). The molecule has 0 bridgehead atoms. The number of hydrogen-bond donors (Lipinski definition) is 1. The molecule has 0 aromatic heterocycles. The van der Waals surface area contributed by atoms with Crippen LogP contribution in [0.5, 0.6) is 11.5 Å². The van der Waals surface area contributed by atoms with Gasteiger partial charge in [-0.15, -0.1) is 0 Å². The minimum absolute atomic E-state index is 0.694. The van der Waals surface area contributed by atoms with Crippen molar-refractivity contribution in [3.63, 3.8) is 0 Å². The normalized spacial score (nSPS) is 14.1. The van der Waals surface area contributed by atoms with E-state index in [-0.39, 0.29) is 0 Å². The van der Waals surface area contributed by atoms with Crippen LogP contribution in [0.4, 0.5) is 5.69 Å². The summed E-state index contributed by atoms with van der Waals surface area (Å²) >= 11 is 3.31. The molecule has 16 heavy (non-hydrogen) atoms. The van der Waals surface area contributed by atoms with Crippen LogP contribution in [-0.4, -0.2) is 19.8 Å². The number of halogens is 1. The molecule has 0 radical (unpaired) electrons. The van der Waals surface area contributed by atoms with E-state index in [9.17, 15) is 0 Å². The number of benzene rings is 1. The Labute approximate surface area is 104 Å². The topological polar surface area (TPSA) is 30.5 Å². The van der Waals surface area contributed by atoms with Crippen molar-refractivity contribution in [2.45, 2.75) is 6.42 Å². The molecule has 0 saturated carbocycles. The summed E-state index contributed by atoms with van der Waals surface area (Å²) in [5.41, 5.74) is 1.00. The zero-order valence-electron chi connectivity index (χ0n) is 8.96. The molecule has 0 unspecified atom stereocenters. The van der Waals surface area contributed by atoms with E-state index < -0.39 is 0 Å². The Kier molecular flexibility index (Phi) is 3.72. The zero-order valence-corrected chi connectivity index (χ0v) is 10.5. The first-order valence-corrected chi connectivity index (χ1v) is 6.02. The van der Waals surface area contributed by atoms with Crippen LogP contribution in [0.15, 0.2) is 29.3 Å². The molecule has 0 spiro atoms. The molecule has 0 atom stereocenters. The number of rotatable bonds is 3. The molecule has 1 aliphatic heterocycles. The monoisotopic (exact) mass is 283 g/mol. The van der Waals surface area contributed by atoms with Gasteiger partial charge in [0.2, 0.25) is 0 Å². The lowest BCUT2D eigenvalue weighted by Gasteiger charge is -2.10. The summed E-state index contributed by atoms with van der Waals surface area (Å²) in [6.07, 6.45) is 0.926. The van der Waals surface area contributed by atoms with Crippen LogP contribution in [0.25, 0.3) is 0 Å². The Balaban J connectivity index is 2.11. The van der Waals surface area contributed by atoms with Gasteiger partial charge in [0.1, 0.15) is 0 Å². The van der Waals surface area contributed by atoms with Gasteiger partial charge in [-0.3, -0.25) is 0 Å². The highest BCUT2D eigenvalue weighted by Gasteiger charge is 2.10. The van der Waals surface area contributed by atoms with E-state index in [4.69, 9.17) is 9.47 Å². The second-order valence-electron chi connectivity index (χ2n) is 3.58. The lowest BCUT2D eigenvalue weighted by Crippen LogP contribution is -2.01. The summed E-state index contributed by atoms with van der Waals surface area (Å²) in [4.78, 5) is 0. The van der Waals surface area contributed by atoms with Gasteiger partial charge in [-0.1, -0.05) is 22.5 Å². The molecule has 0 aliphatic carbocycles. The average molecular weight is 284 g/mol. The van der Waals surface area contributed by atoms with Gasteiger partial charge in [0.25, 0.3) is 0 Å². The Morgan fingerprint density at radius 2 is 2.06 bits per heavy atom. The van der Waals surface area contributed by atoms with Crippen molar-refractivity contribution in [1.29, 1.82) is 0 Å². The van der Waals surface area contributed by atoms with Crippen molar-refractivity contribution >= 4 is 21.6 Å². The van der Waals surface area contributed by atoms with Crippen LogP contribution in [0.1, 0.15) is 6.42 Å². The largest absolute Gasteiger partial charge is 0.490 e. The summed E-state index contributed by atoms with van der Waals surface area (Å²) in [7, 11) is 0. The van der Waals surface area contributed by atoms with Gasteiger partial charge in [-0.2, -0.15) is 0 Å². The van der Waals surface area contributed by atoms with E-state index in [2.05, 4.69) is 27.8 Å². The van der Waals surface area contributed by atoms with Gasteiger partial charge in [0.15, 0.2) is 11.5 Å². The first-order chi connectivity index (χ1) is 7.75. The van der Waals surface area contributed by atoms with Crippen molar-refractivity contribution in [1.82, 2.24) is 0 Å². The zero-order chi connectivity index (χ0) is 11.4. The summed E-state index contributed by atoms with van der Waals surface area (Å²) < 4.78 is 12.1. The van der Waals surface area contributed by atoms with E-state index in [1.165, 1.54) is 0 Å². The first-order valence-electron chi connectivity index (χ1n) is 5.22. The number of anilines is 1. The van der Waals surface area contributed by atoms with Gasteiger partial charge in [0.05, 0.1) is 13.2 Å². The Morgan fingerprint density at radius 1 is 1.31 bits per heavy atom. The fraction of sp³-hybridized carbons (Fsp3) is 0.333. The van der Waals surface area contributed by atoms with Gasteiger partial charge in [-0.05, 0) is 12.1 Å². The highest BCUT2D eigenvalue weighted by atomic mass is 79.9. The van der Waals surface area contributed by atoms with Gasteiger partial charge >= 0.3 is 0 Å². The molecule has 86 valence electrons. The lowest BCUT2D eigenvalue weighted by atomic mass is 10.2. The van der Waals surface area contributed by atoms with E-state index in [1.54, 1.807) is 0 Å². The molecule has 1 aromatic rings. The molecule has 0 fully saturated rings. The van der Waals surface area contributed by atoms with Crippen molar-refractivity contribution in [2.75, 3.05) is 25.1 Å².